The highest BCUT2D eigenvalue weighted by Gasteiger charge is 2.31. The van der Waals surface area contributed by atoms with Gasteiger partial charge in [-0.3, -0.25) is 19.2 Å². The summed E-state index contributed by atoms with van der Waals surface area (Å²) in [6, 6.07) is 20.7. The second-order valence-electron chi connectivity index (χ2n) is 11.8. The molecule has 1 aliphatic heterocycles. The molecule has 53 heavy (non-hydrogen) atoms. The Kier molecular flexibility index (Phi) is 12.9. The molecule has 276 valence electrons. The minimum absolute atomic E-state index is 0.0410. The molecular formula is C39H40N4O8S2. The first-order valence-electron chi connectivity index (χ1n) is 16.7. The lowest BCUT2D eigenvalue weighted by molar-refractivity contribution is -0.129. The van der Waals surface area contributed by atoms with Crippen LogP contribution in [0.25, 0.3) is 6.08 Å². The van der Waals surface area contributed by atoms with Crippen molar-refractivity contribution in [3.05, 3.63) is 106 Å². The van der Waals surface area contributed by atoms with Gasteiger partial charge < -0.3 is 35.1 Å². The minimum atomic E-state index is -0.591. The molecule has 1 aliphatic rings. The molecule has 1 aromatic heterocycles. The number of nitrogens with one attached hydrogen (secondary N) is 3. The predicted molar refractivity (Wildman–Crippen MR) is 206 cm³/mol. The number of anilines is 2. The highest BCUT2D eigenvalue weighted by atomic mass is 32.2. The van der Waals surface area contributed by atoms with Crippen LogP contribution in [0.2, 0.25) is 0 Å². The van der Waals surface area contributed by atoms with Gasteiger partial charge in [-0.2, -0.15) is 0 Å². The van der Waals surface area contributed by atoms with E-state index in [2.05, 4.69) is 16.0 Å². The number of hydrogen-bond donors (Lipinski definition) is 3. The summed E-state index contributed by atoms with van der Waals surface area (Å²) in [5.74, 6) is -1.14. The van der Waals surface area contributed by atoms with Crippen molar-refractivity contribution in [2.75, 3.05) is 38.5 Å². The highest BCUT2D eigenvalue weighted by molar-refractivity contribution is 8.00. The van der Waals surface area contributed by atoms with Crippen LogP contribution in [0.4, 0.5) is 10.7 Å². The van der Waals surface area contributed by atoms with Gasteiger partial charge in [0.05, 0.1) is 38.7 Å². The van der Waals surface area contributed by atoms with Crippen molar-refractivity contribution in [3.8, 4) is 11.5 Å². The number of thiophene rings is 1. The van der Waals surface area contributed by atoms with E-state index in [0.29, 0.717) is 69.7 Å². The van der Waals surface area contributed by atoms with E-state index in [4.69, 9.17) is 14.2 Å². The Morgan fingerprint density at radius 1 is 0.943 bits per heavy atom. The lowest BCUT2D eigenvalue weighted by atomic mass is 10.0. The fourth-order valence-electron chi connectivity index (χ4n) is 5.73. The molecule has 0 spiro atoms. The Morgan fingerprint density at radius 2 is 1.70 bits per heavy atom. The number of methoxy groups -OCH3 is 3. The first kappa shape index (κ1) is 38.6. The van der Waals surface area contributed by atoms with Crippen LogP contribution in [-0.2, 0) is 32.1 Å². The summed E-state index contributed by atoms with van der Waals surface area (Å²) in [5.41, 5.74) is 2.37. The van der Waals surface area contributed by atoms with Crippen molar-refractivity contribution in [1.82, 2.24) is 10.2 Å². The van der Waals surface area contributed by atoms with Gasteiger partial charge in [0.2, 0.25) is 11.8 Å². The van der Waals surface area contributed by atoms with Crippen molar-refractivity contribution >= 4 is 69.5 Å². The number of amides is 4. The van der Waals surface area contributed by atoms with E-state index >= 15 is 0 Å². The minimum Gasteiger partial charge on any atom is -0.493 e. The Morgan fingerprint density at radius 3 is 2.38 bits per heavy atom. The molecule has 1 unspecified atom stereocenters. The number of ether oxygens (including phenoxy) is 3. The predicted octanol–water partition coefficient (Wildman–Crippen LogP) is 6.38. The highest BCUT2D eigenvalue weighted by Crippen LogP contribution is 2.39. The van der Waals surface area contributed by atoms with Gasteiger partial charge in [-0.25, -0.2) is 4.79 Å². The van der Waals surface area contributed by atoms with Crippen molar-refractivity contribution < 1.29 is 38.2 Å². The molecule has 4 aromatic rings. The first-order chi connectivity index (χ1) is 25.6. The van der Waals surface area contributed by atoms with E-state index in [9.17, 15) is 24.0 Å². The number of carbonyl (C=O) groups is 5. The summed E-state index contributed by atoms with van der Waals surface area (Å²) in [4.78, 5) is 68.7. The number of para-hydroxylation sites is 1. The van der Waals surface area contributed by atoms with Gasteiger partial charge in [-0.1, -0.05) is 43.3 Å². The molecular weight excluding hydrogens is 717 g/mol. The third-order valence-electron chi connectivity index (χ3n) is 8.42. The SMILES string of the molecule is CCC(Sc1cccc(NC(=O)/C(=C\c2cccc(OC)c2OC)NC(=O)c2ccccc2)c1)C(=O)Nc1sc2c(c1C(=O)OC)CCN(C(C)=O)C2. The number of esters is 1. The molecule has 5 rings (SSSR count). The van der Waals surface area contributed by atoms with Crippen molar-refractivity contribution in [1.29, 1.82) is 0 Å². The van der Waals surface area contributed by atoms with E-state index in [1.54, 1.807) is 71.6 Å². The van der Waals surface area contributed by atoms with E-state index < -0.39 is 23.0 Å². The van der Waals surface area contributed by atoms with Gasteiger partial charge >= 0.3 is 5.97 Å². The maximum Gasteiger partial charge on any atom is 0.341 e. The standard InChI is InChI=1S/C39H40N4O8S2/c1-6-31(37(47)42-38-33(39(48)51-5)28-18-19-43(23(2)44)22-32(28)53-38)52-27-16-11-15-26(21-27)40-36(46)29(41-35(45)24-12-8-7-9-13-24)20-25-14-10-17-30(49-3)34(25)50-4/h7-17,20-21,31H,6,18-19,22H2,1-5H3,(H,40,46)(H,41,45)(H,42,47)/b29-20+. The van der Waals surface area contributed by atoms with E-state index in [-0.39, 0.29) is 17.5 Å². The molecule has 0 fully saturated rings. The second kappa shape index (κ2) is 17.8. The van der Waals surface area contributed by atoms with Crippen molar-refractivity contribution in [2.45, 2.75) is 43.4 Å². The molecule has 0 bridgehead atoms. The first-order valence-corrected chi connectivity index (χ1v) is 18.4. The number of rotatable bonds is 13. The fraction of sp³-hybridized carbons (Fsp3) is 0.256. The summed E-state index contributed by atoms with van der Waals surface area (Å²) in [7, 11) is 4.29. The van der Waals surface area contributed by atoms with Crippen LogP contribution in [0, 0.1) is 0 Å². The number of nitrogens with zero attached hydrogens (tertiary/aromatic N) is 1. The van der Waals surface area contributed by atoms with Gasteiger partial charge in [0, 0.05) is 40.1 Å². The van der Waals surface area contributed by atoms with Crippen molar-refractivity contribution in [3.63, 3.8) is 0 Å². The van der Waals surface area contributed by atoms with E-state index in [0.717, 1.165) is 10.4 Å². The quantitative estimate of drug-likeness (QED) is 0.0803. The van der Waals surface area contributed by atoms with Crippen molar-refractivity contribution in [2.24, 2.45) is 0 Å². The molecule has 1 atom stereocenters. The Bertz CT molecular complexity index is 2050. The number of hydrogen-bond acceptors (Lipinski definition) is 10. The molecule has 0 radical (unpaired) electrons. The summed E-state index contributed by atoms with van der Waals surface area (Å²) < 4.78 is 16.0. The topological polar surface area (TPSA) is 152 Å². The van der Waals surface area contributed by atoms with Gasteiger partial charge in [-0.15, -0.1) is 23.1 Å². The van der Waals surface area contributed by atoms with Gasteiger partial charge in [0.1, 0.15) is 10.7 Å². The van der Waals surface area contributed by atoms with E-state index in [1.807, 2.05) is 13.0 Å². The van der Waals surface area contributed by atoms with Crippen LogP contribution in [0.1, 0.15) is 57.0 Å². The normalized spacial score (nSPS) is 12.9. The van der Waals surface area contributed by atoms with Crippen LogP contribution in [0.15, 0.2) is 83.4 Å². The molecule has 14 heteroatoms. The average molecular weight is 757 g/mol. The second-order valence-corrected chi connectivity index (χ2v) is 14.2. The maximum atomic E-state index is 13.8. The Balaban J connectivity index is 1.35. The lowest BCUT2D eigenvalue weighted by Crippen LogP contribution is -2.34. The molecule has 4 amide bonds. The Hall–Kier alpha value is -5.60. The molecule has 0 saturated carbocycles. The van der Waals surface area contributed by atoms with Crippen LogP contribution in [-0.4, -0.2) is 67.6 Å². The summed E-state index contributed by atoms with van der Waals surface area (Å²) >= 11 is 2.58. The van der Waals surface area contributed by atoms with Crippen LogP contribution >= 0.6 is 23.1 Å². The summed E-state index contributed by atoms with van der Waals surface area (Å²) in [6.07, 6.45) is 2.46. The Labute approximate surface area is 315 Å². The third kappa shape index (κ3) is 9.26. The number of thioether (sulfide) groups is 1. The number of carbonyl (C=O) groups excluding carboxylic acids is 5. The lowest BCUT2D eigenvalue weighted by Gasteiger charge is -2.25. The van der Waals surface area contributed by atoms with Crippen LogP contribution in [0.5, 0.6) is 11.5 Å². The largest absolute Gasteiger partial charge is 0.493 e. The molecule has 0 aliphatic carbocycles. The number of benzene rings is 3. The average Bonchev–Trinajstić information content (AvgIpc) is 3.53. The molecule has 0 saturated heterocycles. The number of fused-ring (bicyclic) bond motifs is 1. The fourth-order valence-corrected chi connectivity index (χ4v) is 7.99. The molecule has 2 heterocycles. The molecule has 3 N–H and O–H groups in total. The smallest absolute Gasteiger partial charge is 0.341 e. The van der Waals surface area contributed by atoms with Crippen LogP contribution < -0.4 is 25.4 Å². The van der Waals surface area contributed by atoms with Crippen LogP contribution in [0.3, 0.4) is 0 Å². The van der Waals surface area contributed by atoms with Gasteiger partial charge in [0.25, 0.3) is 11.8 Å². The zero-order valence-electron chi connectivity index (χ0n) is 29.9. The van der Waals surface area contributed by atoms with Gasteiger partial charge in [-0.05, 0) is 60.9 Å². The molecule has 3 aromatic carbocycles. The summed E-state index contributed by atoms with van der Waals surface area (Å²) in [5, 5.41) is 8.38. The van der Waals surface area contributed by atoms with Gasteiger partial charge in [0.15, 0.2) is 11.5 Å². The van der Waals surface area contributed by atoms with E-state index in [1.165, 1.54) is 57.4 Å². The zero-order chi connectivity index (χ0) is 38.1. The third-order valence-corrected chi connectivity index (χ3v) is 10.9. The molecule has 12 nitrogen and oxygen atoms in total. The zero-order valence-corrected chi connectivity index (χ0v) is 31.6. The maximum absolute atomic E-state index is 13.8. The summed E-state index contributed by atoms with van der Waals surface area (Å²) in [6.45, 7) is 4.22. The monoisotopic (exact) mass is 756 g/mol.